The molecular weight excluding hydrogens is 324 g/mol. The van der Waals surface area contributed by atoms with Gasteiger partial charge in [0, 0.05) is 56.0 Å². The van der Waals surface area contributed by atoms with E-state index in [0.717, 1.165) is 63.4 Å². The van der Waals surface area contributed by atoms with E-state index in [-0.39, 0.29) is 12.1 Å². The van der Waals surface area contributed by atoms with Gasteiger partial charge in [-0.15, -0.1) is 0 Å². The highest BCUT2D eigenvalue weighted by molar-refractivity contribution is 6.31. The summed E-state index contributed by atoms with van der Waals surface area (Å²) in [5.74, 6) is 0. The molecule has 2 fully saturated rings. The van der Waals surface area contributed by atoms with Crippen molar-refractivity contribution in [1.29, 1.82) is 0 Å². The van der Waals surface area contributed by atoms with Gasteiger partial charge in [-0.1, -0.05) is 11.6 Å². The van der Waals surface area contributed by atoms with Crippen LogP contribution in [0.25, 0.3) is 0 Å². The van der Waals surface area contributed by atoms with Crippen LogP contribution in [0.2, 0.25) is 5.02 Å². The van der Waals surface area contributed by atoms with Gasteiger partial charge in [0.15, 0.2) is 0 Å². The molecule has 0 bridgehead atoms. The van der Waals surface area contributed by atoms with Gasteiger partial charge in [0.05, 0.1) is 0 Å². The summed E-state index contributed by atoms with van der Waals surface area (Å²) in [6, 6.07) is 4.24. The molecule has 0 saturated carbocycles. The maximum absolute atomic E-state index is 12.6. The first-order valence-corrected chi connectivity index (χ1v) is 9.16. The highest BCUT2D eigenvalue weighted by atomic mass is 35.5. The van der Waals surface area contributed by atoms with Crippen LogP contribution in [0, 0.1) is 6.92 Å². The van der Waals surface area contributed by atoms with Gasteiger partial charge in [-0.2, -0.15) is 0 Å². The molecule has 6 heteroatoms. The Labute approximate surface area is 149 Å². The lowest BCUT2D eigenvalue weighted by molar-refractivity contribution is 0.0814. The number of likely N-dealkylation sites (tertiary alicyclic amines) is 1. The standard InChI is InChI=1S/C18H27ClN4O/c1-13-11-21(12-15-9-16(19)10-17(20)14(15)2)7-8-23(13)18(24)22-5-3-4-6-22/h9-10,13H,3-8,11-12,20H2,1-2H3/t13-/m0/s1. The van der Waals surface area contributed by atoms with E-state index in [1.807, 2.05) is 22.8 Å². The molecule has 3 rings (SSSR count). The maximum Gasteiger partial charge on any atom is 0.320 e. The van der Waals surface area contributed by atoms with Crippen molar-refractivity contribution in [2.24, 2.45) is 0 Å². The molecule has 1 aromatic carbocycles. The van der Waals surface area contributed by atoms with Crippen molar-refractivity contribution in [3.8, 4) is 0 Å². The normalized spacial score (nSPS) is 22.2. The van der Waals surface area contributed by atoms with Gasteiger partial charge >= 0.3 is 6.03 Å². The van der Waals surface area contributed by atoms with E-state index in [1.54, 1.807) is 6.07 Å². The minimum absolute atomic E-state index is 0.211. The Bertz CT molecular complexity index is 615. The second kappa shape index (κ2) is 7.19. The van der Waals surface area contributed by atoms with Gasteiger partial charge in [-0.05, 0) is 49.9 Å². The third-order valence-corrected chi connectivity index (χ3v) is 5.47. The first kappa shape index (κ1) is 17.4. The third kappa shape index (κ3) is 3.62. The summed E-state index contributed by atoms with van der Waals surface area (Å²) in [5, 5.41) is 0.684. The van der Waals surface area contributed by atoms with Crippen molar-refractivity contribution in [3.05, 3.63) is 28.3 Å². The first-order valence-electron chi connectivity index (χ1n) is 8.78. The zero-order valence-corrected chi connectivity index (χ0v) is 15.4. The van der Waals surface area contributed by atoms with Crippen molar-refractivity contribution in [2.75, 3.05) is 38.5 Å². The van der Waals surface area contributed by atoms with Crippen LogP contribution in [0.4, 0.5) is 10.5 Å². The molecule has 0 aliphatic carbocycles. The van der Waals surface area contributed by atoms with Crippen molar-refractivity contribution < 1.29 is 4.79 Å². The number of anilines is 1. The smallest absolute Gasteiger partial charge is 0.320 e. The monoisotopic (exact) mass is 350 g/mol. The van der Waals surface area contributed by atoms with E-state index in [0.29, 0.717) is 5.02 Å². The number of nitrogens with zero attached hydrogens (tertiary/aromatic N) is 3. The molecule has 2 amide bonds. The number of piperazine rings is 1. The van der Waals surface area contributed by atoms with Gasteiger partial charge in [0.25, 0.3) is 0 Å². The number of rotatable bonds is 2. The summed E-state index contributed by atoms with van der Waals surface area (Å²) in [7, 11) is 0. The summed E-state index contributed by atoms with van der Waals surface area (Å²) in [6.07, 6.45) is 2.27. The topological polar surface area (TPSA) is 52.8 Å². The highest BCUT2D eigenvalue weighted by Gasteiger charge is 2.31. The van der Waals surface area contributed by atoms with Crippen molar-refractivity contribution >= 4 is 23.3 Å². The number of amides is 2. The van der Waals surface area contributed by atoms with E-state index in [4.69, 9.17) is 17.3 Å². The summed E-state index contributed by atoms with van der Waals surface area (Å²) in [6.45, 7) is 9.37. The Balaban J connectivity index is 1.62. The van der Waals surface area contributed by atoms with Gasteiger partial charge < -0.3 is 15.5 Å². The van der Waals surface area contributed by atoms with Gasteiger partial charge in [-0.3, -0.25) is 4.90 Å². The van der Waals surface area contributed by atoms with Crippen LogP contribution in [0.15, 0.2) is 12.1 Å². The number of urea groups is 1. The molecule has 24 heavy (non-hydrogen) atoms. The summed E-state index contributed by atoms with van der Waals surface area (Å²) < 4.78 is 0. The SMILES string of the molecule is Cc1c(N)cc(Cl)cc1CN1CCN(C(=O)N2CCCC2)[C@@H](C)C1. The number of nitrogen functional groups attached to an aromatic ring is 1. The molecule has 0 spiro atoms. The molecule has 5 nitrogen and oxygen atoms in total. The minimum Gasteiger partial charge on any atom is -0.398 e. The zero-order chi connectivity index (χ0) is 17.3. The Hall–Kier alpha value is -1.46. The lowest BCUT2D eigenvalue weighted by atomic mass is 10.1. The van der Waals surface area contributed by atoms with Gasteiger partial charge in [0.1, 0.15) is 0 Å². The van der Waals surface area contributed by atoms with Crippen molar-refractivity contribution in [3.63, 3.8) is 0 Å². The third-order valence-electron chi connectivity index (χ3n) is 5.25. The Kier molecular flexibility index (Phi) is 5.21. The molecule has 2 aliphatic heterocycles. The van der Waals surface area contributed by atoms with Crippen LogP contribution in [0.3, 0.4) is 0 Å². The minimum atomic E-state index is 0.211. The Morgan fingerprint density at radius 3 is 2.62 bits per heavy atom. The van der Waals surface area contributed by atoms with E-state index >= 15 is 0 Å². The zero-order valence-electron chi connectivity index (χ0n) is 14.6. The number of hydrogen-bond donors (Lipinski definition) is 1. The molecule has 0 aromatic heterocycles. The Morgan fingerprint density at radius 1 is 1.25 bits per heavy atom. The van der Waals surface area contributed by atoms with E-state index in [2.05, 4.69) is 11.8 Å². The molecule has 2 heterocycles. The highest BCUT2D eigenvalue weighted by Crippen LogP contribution is 2.25. The number of carbonyl (C=O) groups is 1. The van der Waals surface area contributed by atoms with Crippen molar-refractivity contribution in [1.82, 2.24) is 14.7 Å². The first-order chi connectivity index (χ1) is 11.5. The molecule has 2 aliphatic rings. The number of benzene rings is 1. The average molecular weight is 351 g/mol. The lowest BCUT2D eigenvalue weighted by Crippen LogP contribution is -2.56. The molecule has 132 valence electrons. The van der Waals surface area contributed by atoms with E-state index in [1.165, 1.54) is 5.56 Å². The fourth-order valence-electron chi connectivity index (χ4n) is 3.71. The Morgan fingerprint density at radius 2 is 1.96 bits per heavy atom. The predicted molar refractivity (Wildman–Crippen MR) is 98.2 cm³/mol. The predicted octanol–water partition coefficient (Wildman–Crippen LogP) is 2.95. The summed E-state index contributed by atoms with van der Waals surface area (Å²) in [4.78, 5) is 19.0. The van der Waals surface area contributed by atoms with Crippen LogP contribution in [-0.4, -0.2) is 59.5 Å². The second-order valence-electron chi connectivity index (χ2n) is 7.03. The molecule has 0 unspecified atom stereocenters. The molecule has 1 atom stereocenters. The molecule has 1 aromatic rings. The fourth-order valence-corrected chi connectivity index (χ4v) is 3.96. The van der Waals surface area contributed by atoms with Crippen LogP contribution in [-0.2, 0) is 6.54 Å². The van der Waals surface area contributed by atoms with Crippen LogP contribution in [0.1, 0.15) is 30.9 Å². The van der Waals surface area contributed by atoms with Gasteiger partial charge in [0.2, 0.25) is 0 Å². The van der Waals surface area contributed by atoms with Crippen LogP contribution >= 0.6 is 11.6 Å². The van der Waals surface area contributed by atoms with E-state index < -0.39 is 0 Å². The van der Waals surface area contributed by atoms with Gasteiger partial charge in [-0.25, -0.2) is 4.79 Å². The average Bonchev–Trinajstić information content (AvgIpc) is 3.06. The molecule has 2 N–H and O–H groups in total. The van der Waals surface area contributed by atoms with Crippen LogP contribution < -0.4 is 5.73 Å². The number of hydrogen-bond acceptors (Lipinski definition) is 3. The molecule has 0 radical (unpaired) electrons. The number of halogens is 1. The quantitative estimate of drug-likeness (QED) is 0.834. The molecule has 2 saturated heterocycles. The summed E-state index contributed by atoms with van der Waals surface area (Å²) >= 11 is 6.15. The van der Waals surface area contributed by atoms with Crippen molar-refractivity contribution in [2.45, 2.75) is 39.3 Å². The largest absolute Gasteiger partial charge is 0.398 e. The van der Waals surface area contributed by atoms with E-state index in [9.17, 15) is 4.79 Å². The maximum atomic E-state index is 12.6. The fraction of sp³-hybridized carbons (Fsp3) is 0.611. The molecular formula is C18H27ClN4O. The lowest BCUT2D eigenvalue weighted by Gasteiger charge is -2.41. The number of carbonyl (C=O) groups excluding carboxylic acids is 1. The number of nitrogens with two attached hydrogens (primary N) is 1. The summed E-state index contributed by atoms with van der Waals surface area (Å²) in [5.41, 5.74) is 9.04. The second-order valence-corrected chi connectivity index (χ2v) is 7.47. The van der Waals surface area contributed by atoms with Crippen LogP contribution in [0.5, 0.6) is 0 Å².